The monoisotopic (exact) mass is 228 g/mol. The summed E-state index contributed by atoms with van der Waals surface area (Å²) in [5.74, 6) is 0.562. The lowest BCUT2D eigenvalue weighted by Crippen LogP contribution is -2.57. The molecule has 0 radical (unpaired) electrons. The van der Waals surface area contributed by atoms with Crippen molar-refractivity contribution in [1.29, 1.82) is 0 Å². The highest BCUT2D eigenvalue weighted by Crippen LogP contribution is 2.21. The number of carbonyl (C=O) groups excluding carboxylic acids is 1. The van der Waals surface area contributed by atoms with E-state index in [4.69, 9.17) is 4.74 Å². The zero-order valence-corrected chi connectivity index (χ0v) is 11.0. The Hall–Kier alpha value is -0.770. The summed E-state index contributed by atoms with van der Waals surface area (Å²) >= 11 is 0. The molecule has 0 spiro atoms. The van der Waals surface area contributed by atoms with Crippen molar-refractivity contribution in [2.45, 2.75) is 46.3 Å². The molecule has 1 rings (SSSR count). The van der Waals surface area contributed by atoms with Gasteiger partial charge in [-0.15, -0.1) is 0 Å². The Bertz CT molecular complexity index is 242. The second kappa shape index (κ2) is 5.04. The van der Waals surface area contributed by atoms with Crippen molar-refractivity contribution in [2.24, 2.45) is 5.92 Å². The molecule has 0 unspecified atom stereocenters. The average molecular weight is 228 g/mol. The number of nitrogens with zero attached hydrogens (tertiary/aromatic N) is 1. The van der Waals surface area contributed by atoms with Crippen LogP contribution in [0.15, 0.2) is 0 Å². The van der Waals surface area contributed by atoms with E-state index in [0.29, 0.717) is 12.0 Å². The van der Waals surface area contributed by atoms with E-state index < -0.39 is 5.60 Å². The largest absolute Gasteiger partial charge is 0.444 e. The normalized spacial score (nSPS) is 19.2. The van der Waals surface area contributed by atoms with E-state index in [1.54, 1.807) is 4.90 Å². The Morgan fingerprint density at radius 3 is 2.50 bits per heavy atom. The van der Waals surface area contributed by atoms with Crippen LogP contribution in [0.4, 0.5) is 4.79 Å². The van der Waals surface area contributed by atoms with Crippen LogP contribution in [0.1, 0.15) is 34.6 Å². The minimum Gasteiger partial charge on any atom is -0.444 e. The molecule has 1 heterocycles. The molecular formula is C12H24N2O2. The van der Waals surface area contributed by atoms with Crippen LogP contribution in [0, 0.1) is 5.92 Å². The fourth-order valence-electron chi connectivity index (χ4n) is 1.79. The third-order valence-corrected chi connectivity index (χ3v) is 2.79. The van der Waals surface area contributed by atoms with Crippen LogP contribution in [0.5, 0.6) is 0 Å². The molecule has 0 aromatic rings. The predicted octanol–water partition coefficient (Wildman–Crippen LogP) is 1.85. The molecule has 4 nitrogen and oxygen atoms in total. The van der Waals surface area contributed by atoms with Crippen LogP contribution >= 0.6 is 0 Å². The van der Waals surface area contributed by atoms with E-state index in [0.717, 1.165) is 19.6 Å². The van der Waals surface area contributed by atoms with Crippen LogP contribution in [0.2, 0.25) is 0 Å². The molecule has 1 N–H and O–H groups in total. The van der Waals surface area contributed by atoms with Gasteiger partial charge in [-0.05, 0) is 34.2 Å². The molecule has 0 aliphatic carbocycles. The van der Waals surface area contributed by atoms with Crippen LogP contribution < -0.4 is 5.32 Å². The molecule has 4 heteroatoms. The molecule has 1 fully saturated rings. The first-order valence-corrected chi connectivity index (χ1v) is 6.04. The fraction of sp³-hybridized carbons (Fsp3) is 0.917. The molecule has 1 atom stereocenters. The minimum absolute atomic E-state index is 0.188. The molecule has 0 aromatic heterocycles. The predicted molar refractivity (Wildman–Crippen MR) is 64.4 cm³/mol. The summed E-state index contributed by atoms with van der Waals surface area (Å²) in [5, 5.41) is 3.38. The van der Waals surface area contributed by atoms with Gasteiger partial charge in [0.15, 0.2) is 0 Å². The van der Waals surface area contributed by atoms with E-state index >= 15 is 0 Å². The number of ether oxygens (including phenoxy) is 1. The second-order valence-electron chi connectivity index (χ2n) is 5.49. The Labute approximate surface area is 98.3 Å². The van der Waals surface area contributed by atoms with Crippen molar-refractivity contribution in [3.63, 3.8) is 0 Å². The van der Waals surface area contributed by atoms with Crippen molar-refractivity contribution in [3.8, 4) is 0 Å². The Balaban J connectivity index is 2.28. The van der Waals surface area contributed by atoms with Gasteiger partial charge in [0.2, 0.25) is 0 Å². The molecule has 16 heavy (non-hydrogen) atoms. The van der Waals surface area contributed by atoms with Gasteiger partial charge in [0.05, 0.1) is 0 Å². The van der Waals surface area contributed by atoms with Gasteiger partial charge in [-0.25, -0.2) is 4.79 Å². The van der Waals surface area contributed by atoms with Crippen molar-refractivity contribution < 1.29 is 9.53 Å². The topological polar surface area (TPSA) is 41.6 Å². The smallest absolute Gasteiger partial charge is 0.410 e. The Morgan fingerprint density at radius 1 is 1.50 bits per heavy atom. The molecule has 1 saturated heterocycles. The Morgan fingerprint density at radius 2 is 2.06 bits per heavy atom. The van der Waals surface area contributed by atoms with E-state index in [1.165, 1.54) is 0 Å². The maximum absolute atomic E-state index is 11.7. The first-order chi connectivity index (χ1) is 7.33. The minimum atomic E-state index is -0.393. The SMILES string of the molecule is CCN[C@@H](C)C1CN(C(=O)OC(C)(C)C)C1. The summed E-state index contributed by atoms with van der Waals surface area (Å²) in [6, 6.07) is 0.476. The van der Waals surface area contributed by atoms with Crippen LogP contribution in [0.3, 0.4) is 0 Å². The Kier molecular flexibility index (Phi) is 4.19. The van der Waals surface area contributed by atoms with Crippen molar-refractivity contribution >= 4 is 6.09 Å². The first-order valence-electron chi connectivity index (χ1n) is 6.04. The van der Waals surface area contributed by atoms with E-state index in [2.05, 4.69) is 19.2 Å². The third-order valence-electron chi connectivity index (χ3n) is 2.79. The molecule has 0 bridgehead atoms. The lowest BCUT2D eigenvalue weighted by atomic mass is 9.93. The molecule has 94 valence electrons. The van der Waals surface area contributed by atoms with Crippen LogP contribution in [0.25, 0.3) is 0 Å². The second-order valence-corrected chi connectivity index (χ2v) is 5.49. The molecule has 0 saturated carbocycles. The zero-order chi connectivity index (χ0) is 12.3. The molecule has 1 aliphatic heterocycles. The maximum Gasteiger partial charge on any atom is 0.410 e. The number of amides is 1. The van der Waals surface area contributed by atoms with Gasteiger partial charge in [-0.3, -0.25) is 0 Å². The summed E-state index contributed by atoms with van der Waals surface area (Å²) < 4.78 is 5.30. The van der Waals surface area contributed by atoms with Crippen molar-refractivity contribution in [2.75, 3.05) is 19.6 Å². The zero-order valence-electron chi connectivity index (χ0n) is 11.0. The quantitative estimate of drug-likeness (QED) is 0.801. The number of hydrogen-bond acceptors (Lipinski definition) is 3. The highest BCUT2D eigenvalue weighted by Gasteiger charge is 2.36. The van der Waals surface area contributed by atoms with Gasteiger partial charge >= 0.3 is 6.09 Å². The van der Waals surface area contributed by atoms with Gasteiger partial charge in [0.1, 0.15) is 5.60 Å². The molecule has 1 aliphatic rings. The van der Waals surface area contributed by atoms with Crippen LogP contribution in [-0.2, 0) is 4.74 Å². The van der Waals surface area contributed by atoms with Crippen molar-refractivity contribution in [3.05, 3.63) is 0 Å². The van der Waals surface area contributed by atoms with Gasteiger partial charge in [0.25, 0.3) is 0 Å². The highest BCUT2D eigenvalue weighted by atomic mass is 16.6. The maximum atomic E-state index is 11.7. The first kappa shape index (κ1) is 13.3. The highest BCUT2D eigenvalue weighted by molar-refractivity contribution is 5.69. The van der Waals surface area contributed by atoms with E-state index in [9.17, 15) is 4.79 Å². The average Bonchev–Trinajstić information content (AvgIpc) is 1.97. The number of hydrogen-bond donors (Lipinski definition) is 1. The summed E-state index contributed by atoms with van der Waals surface area (Å²) in [6.07, 6.45) is -0.188. The van der Waals surface area contributed by atoms with Gasteiger partial charge in [0, 0.05) is 25.0 Å². The lowest BCUT2D eigenvalue weighted by Gasteiger charge is -2.42. The molecule has 1 amide bonds. The number of carbonyl (C=O) groups is 1. The fourth-order valence-corrected chi connectivity index (χ4v) is 1.79. The summed E-state index contributed by atoms with van der Waals surface area (Å²) in [6.45, 7) is 12.5. The van der Waals surface area contributed by atoms with Gasteiger partial charge in [-0.2, -0.15) is 0 Å². The standard InChI is InChI=1S/C12H24N2O2/c1-6-13-9(2)10-7-14(8-10)11(15)16-12(3,4)5/h9-10,13H,6-8H2,1-5H3/t9-/m0/s1. The molecule has 0 aromatic carbocycles. The van der Waals surface area contributed by atoms with Crippen molar-refractivity contribution in [1.82, 2.24) is 10.2 Å². The van der Waals surface area contributed by atoms with E-state index in [1.807, 2.05) is 20.8 Å². The lowest BCUT2D eigenvalue weighted by molar-refractivity contribution is -0.00558. The number of rotatable bonds is 3. The number of nitrogens with one attached hydrogen (secondary N) is 1. The summed E-state index contributed by atoms with van der Waals surface area (Å²) in [5.41, 5.74) is -0.393. The van der Waals surface area contributed by atoms with Gasteiger partial charge in [-0.1, -0.05) is 6.92 Å². The van der Waals surface area contributed by atoms with E-state index in [-0.39, 0.29) is 6.09 Å². The van der Waals surface area contributed by atoms with Gasteiger partial charge < -0.3 is 15.0 Å². The van der Waals surface area contributed by atoms with Crippen LogP contribution in [-0.4, -0.2) is 42.3 Å². The number of likely N-dealkylation sites (tertiary alicyclic amines) is 1. The summed E-state index contributed by atoms with van der Waals surface area (Å²) in [4.78, 5) is 13.4. The summed E-state index contributed by atoms with van der Waals surface area (Å²) in [7, 11) is 0. The third kappa shape index (κ3) is 3.67. The molecular weight excluding hydrogens is 204 g/mol.